The average Bonchev–Trinajstić information content (AvgIpc) is 3.19. The first kappa shape index (κ1) is 14.4. The van der Waals surface area contributed by atoms with Crippen molar-refractivity contribution in [2.75, 3.05) is 13.7 Å². The Morgan fingerprint density at radius 1 is 1.46 bits per heavy atom. The maximum atomic E-state index is 11.2. The number of rotatable bonds is 4. The van der Waals surface area contributed by atoms with E-state index in [1.165, 1.54) is 6.42 Å². The Hall–Kier alpha value is -1.91. The van der Waals surface area contributed by atoms with E-state index in [4.69, 9.17) is 4.74 Å². The van der Waals surface area contributed by atoms with Crippen molar-refractivity contribution in [1.82, 2.24) is 9.88 Å². The molecule has 3 fully saturated rings. The van der Waals surface area contributed by atoms with E-state index in [1.54, 1.807) is 13.3 Å². The van der Waals surface area contributed by atoms with Crippen molar-refractivity contribution in [3.8, 4) is 5.75 Å². The van der Waals surface area contributed by atoms with E-state index in [-0.39, 0.29) is 11.6 Å². The largest absolute Gasteiger partial charge is 0.497 e. The van der Waals surface area contributed by atoms with Crippen LogP contribution in [0.1, 0.15) is 24.5 Å². The molecular formula is C20H22N2O2. The number of methoxy groups -OCH3 is 1. The molecule has 0 radical (unpaired) electrons. The molecular weight excluding hydrogens is 300 g/mol. The number of allylic oxidation sites excluding steroid dienone is 1. The lowest BCUT2D eigenvalue weighted by molar-refractivity contribution is 0.108. The van der Waals surface area contributed by atoms with E-state index in [1.807, 2.05) is 24.3 Å². The molecule has 4 nitrogen and oxygen atoms in total. The molecule has 1 aromatic heterocycles. The van der Waals surface area contributed by atoms with Crippen LogP contribution in [-0.2, 0) is 0 Å². The first-order chi connectivity index (χ1) is 11.7. The summed E-state index contributed by atoms with van der Waals surface area (Å²) in [5, 5.41) is 12.2. The molecule has 6 atom stereocenters. The van der Waals surface area contributed by atoms with Crippen molar-refractivity contribution in [2.45, 2.75) is 30.5 Å². The predicted molar refractivity (Wildman–Crippen MR) is 92.9 cm³/mol. The van der Waals surface area contributed by atoms with Crippen molar-refractivity contribution in [1.29, 1.82) is 0 Å². The van der Waals surface area contributed by atoms with Gasteiger partial charge in [0.15, 0.2) is 0 Å². The number of aliphatic hydroxyl groups is 1. The van der Waals surface area contributed by atoms with Crippen LogP contribution in [-0.4, -0.2) is 40.2 Å². The van der Waals surface area contributed by atoms with Gasteiger partial charge in [-0.3, -0.25) is 9.88 Å². The van der Waals surface area contributed by atoms with Crippen LogP contribution >= 0.6 is 0 Å². The normalized spacial score (nSPS) is 37.2. The highest BCUT2D eigenvalue weighted by Crippen LogP contribution is 2.69. The van der Waals surface area contributed by atoms with Gasteiger partial charge >= 0.3 is 0 Å². The second-order valence-electron chi connectivity index (χ2n) is 7.36. The van der Waals surface area contributed by atoms with Crippen molar-refractivity contribution >= 4 is 10.9 Å². The lowest BCUT2D eigenvalue weighted by atomic mass is 9.61. The minimum atomic E-state index is -0.476. The summed E-state index contributed by atoms with van der Waals surface area (Å²) >= 11 is 0. The van der Waals surface area contributed by atoms with Crippen molar-refractivity contribution in [3.05, 3.63) is 48.7 Å². The summed E-state index contributed by atoms with van der Waals surface area (Å²) < 4.78 is 5.35. The third kappa shape index (κ3) is 1.63. The van der Waals surface area contributed by atoms with Crippen molar-refractivity contribution in [2.24, 2.45) is 11.8 Å². The minimum Gasteiger partial charge on any atom is -0.497 e. The molecule has 5 rings (SSSR count). The molecule has 1 aliphatic carbocycles. The van der Waals surface area contributed by atoms with E-state index in [0.29, 0.717) is 11.8 Å². The summed E-state index contributed by atoms with van der Waals surface area (Å²) in [4.78, 5) is 6.94. The molecule has 0 amide bonds. The van der Waals surface area contributed by atoms with Crippen molar-refractivity contribution in [3.63, 3.8) is 0 Å². The summed E-state index contributed by atoms with van der Waals surface area (Å²) in [5.74, 6) is 2.10. The van der Waals surface area contributed by atoms with E-state index in [9.17, 15) is 5.11 Å². The van der Waals surface area contributed by atoms with Crippen LogP contribution in [0.15, 0.2) is 43.1 Å². The van der Waals surface area contributed by atoms with Gasteiger partial charge in [-0.15, -0.1) is 6.58 Å². The Morgan fingerprint density at radius 3 is 3.12 bits per heavy atom. The maximum Gasteiger partial charge on any atom is 0.119 e. The maximum absolute atomic E-state index is 11.2. The highest BCUT2D eigenvalue weighted by atomic mass is 16.5. The van der Waals surface area contributed by atoms with Gasteiger partial charge in [-0.05, 0) is 61.1 Å². The van der Waals surface area contributed by atoms with Gasteiger partial charge in [0.05, 0.1) is 24.8 Å². The Morgan fingerprint density at radius 2 is 2.33 bits per heavy atom. The highest BCUT2D eigenvalue weighted by molar-refractivity contribution is 5.84. The smallest absolute Gasteiger partial charge is 0.119 e. The second kappa shape index (κ2) is 4.80. The Balaban J connectivity index is 1.52. The lowest BCUT2D eigenvalue weighted by Gasteiger charge is -2.42. The Kier molecular flexibility index (Phi) is 2.89. The Bertz CT molecular complexity index is 835. The average molecular weight is 322 g/mol. The molecule has 2 aliphatic heterocycles. The topological polar surface area (TPSA) is 45.4 Å². The second-order valence-corrected chi connectivity index (χ2v) is 7.36. The predicted octanol–water partition coefficient (Wildman–Crippen LogP) is 2.93. The van der Waals surface area contributed by atoms with Gasteiger partial charge in [-0.1, -0.05) is 6.08 Å². The van der Waals surface area contributed by atoms with E-state index < -0.39 is 6.10 Å². The van der Waals surface area contributed by atoms with Crippen LogP contribution in [0.5, 0.6) is 5.75 Å². The highest BCUT2D eigenvalue weighted by Gasteiger charge is 2.77. The van der Waals surface area contributed by atoms with E-state index in [2.05, 4.69) is 22.5 Å². The van der Waals surface area contributed by atoms with Crippen LogP contribution < -0.4 is 4.74 Å². The van der Waals surface area contributed by atoms with Crippen LogP contribution in [0, 0.1) is 11.8 Å². The molecule has 3 heterocycles. The SMILES string of the molecule is C=CC1CC23C1CCN2C3[C@@H](O)c1ccnc2ccc(OC)cc12. The van der Waals surface area contributed by atoms with E-state index >= 15 is 0 Å². The third-order valence-electron chi connectivity index (χ3n) is 6.62. The number of pyridine rings is 1. The quantitative estimate of drug-likeness (QED) is 0.694. The molecule has 2 aromatic rings. The molecule has 1 aromatic carbocycles. The van der Waals surface area contributed by atoms with Crippen LogP contribution in [0.25, 0.3) is 10.9 Å². The third-order valence-corrected chi connectivity index (χ3v) is 6.62. The molecule has 24 heavy (non-hydrogen) atoms. The van der Waals surface area contributed by atoms with E-state index in [0.717, 1.165) is 35.2 Å². The molecule has 5 unspecified atom stereocenters. The van der Waals surface area contributed by atoms with Gasteiger partial charge in [0.1, 0.15) is 5.75 Å². The fourth-order valence-corrected chi connectivity index (χ4v) is 5.47. The molecule has 124 valence electrons. The van der Waals surface area contributed by atoms with Gasteiger partial charge in [0.25, 0.3) is 0 Å². The molecule has 1 spiro atoms. The number of ether oxygens (including phenoxy) is 1. The molecule has 2 saturated heterocycles. The fourth-order valence-electron chi connectivity index (χ4n) is 5.47. The molecule has 1 saturated carbocycles. The summed E-state index contributed by atoms with van der Waals surface area (Å²) in [5.41, 5.74) is 2.10. The van der Waals surface area contributed by atoms with Gasteiger partial charge in [0.2, 0.25) is 0 Å². The molecule has 0 bridgehead atoms. The lowest BCUT2D eigenvalue weighted by Crippen LogP contribution is -2.45. The summed E-state index contributed by atoms with van der Waals surface area (Å²) in [6.45, 7) is 5.08. The number of hydrogen-bond acceptors (Lipinski definition) is 4. The summed E-state index contributed by atoms with van der Waals surface area (Å²) in [6.07, 6.45) is 5.81. The van der Waals surface area contributed by atoms with Gasteiger partial charge in [-0.25, -0.2) is 0 Å². The monoisotopic (exact) mass is 322 g/mol. The first-order valence-electron chi connectivity index (χ1n) is 8.70. The number of benzene rings is 1. The van der Waals surface area contributed by atoms with Gasteiger partial charge in [0, 0.05) is 17.1 Å². The molecule has 3 aliphatic rings. The number of aromatic nitrogens is 1. The standard InChI is InChI=1S/C20H22N2O2/c1-3-12-11-20-16(12)7-9-22(20)19(20)18(23)14-6-8-21-17-5-4-13(24-2)10-15(14)17/h3-6,8,10,12,16,18-19,23H,1,7,9,11H2,2H3/t12?,16?,18-,19?,20?,22?/m0/s1. The number of fused-ring (bicyclic) bond motifs is 1. The number of nitrogens with zero attached hydrogens (tertiary/aromatic N) is 2. The Labute approximate surface area is 141 Å². The minimum absolute atomic E-state index is 0.229. The fraction of sp³-hybridized carbons (Fsp3) is 0.450. The number of aliphatic hydroxyl groups excluding tert-OH is 1. The number of piperidine rings is 1. The first-order valence-corrected chi connectivity index (χ1v) is 8.70. The van der Waals surface area contributed by atoms with Gasteiger partial charge in [-0.2, -0.15) is 0 Å². The van der Waals surface area contributed by atoms with Crippen molar-refractivity contribution < 1.29 is 9.84 Å². The summed E-state index contributed by atoms with van der Waals surface area (Å²) in [6, 6.07) is 8.05. The zero-order valence-electron chi connectivity index (χ0n) is 13.9. The van der Waals surface area contributed by atoms with Crippen LogP contribution in [0.4, 0.5) is 0 Å². The molecule has 4 heteroatoms. The summed E-state index contributed by atoms with van der Waals surface area (Å²) in [7, 11) is 1.66. The zero-order chi connectivity index (χ0) is 16.5. The zero-order valence-corrected chi connectivity index (χ0v) is 13.9. The van der Waals surface area contributed by atoms with Gasteiger partial charge < -0.3 is 9.84 Å². The number of hydrogen-bond donors (Lipinski definition) is 1. The molecule has 1 N–H and O–H groups in total. The van der Waals surface area contributed by atoms with Crippen LogP contribution in [0.2, 0.25) is 0 Å². The van der Waals surface area contributed by atoms with Crippen LogP contribution in [0.3, 0.4) is 0 Å².